The van der Waals surface area contributed by atoms with Gasteiger partial charge in [-0.2, -0.15) is 0 Å². The fourth-order valence-electron chi connectivity index (χ4n) is 2.47. The quantitative estimate of drug-likeness (QED) is 0.696. The largest absolute Gasteiger partial charge is 0.444 e. The molecule has 144 valence electrons. The van der Waals surface area contributed by atoms with Gasteiger partial charge in [0.05, 0.1) is 30.8 Å². The van der Waals surface area contributed by atoms with Crippen molar-refractivity contribution in [1.82, 2.24) is 19.9 Å². The van der Waals surface area contributed by atoms with E-state index in [0.29, 0.717) is 32.8 Å². The minimum atomic E-state index is -0.497. The number of hydrogen-bond donors (Lipinski definition) is 2. The van der Waals surface area contributed by atoms with E-state index in [9.17, 15) is 4.79 Å². The van der Waals surface area contributed by atoms with Crippen LogP contribution in [0.25, 0.3) is 11.0 Å². The average molecular weight is 363 g/mol. The molecule has 3 N–H and O–H groups in total. The standard InChI is InChI=1S/C18H29N5O3/c1-13(11-19)15-16-14(5-6-20-15)23(12-22-16)8-10-25-9-7-21-17(24)26-18(2,3)4/h5-6,12-13H,7-11,19H2,1-4H3,(H,21,24). The van der Waals surface area contributed by atoms with Gasteiger partial charge in [-0.05, 0) is 26.8 Å². The van der Waals surface area contributed by atoms with Crippen LogP contribution in [0.1, 0.15) is 39.3 Å². The smallest absolute Gasteiger partial charge is 0.407 e. The van der Waals surface area contributed by atoms with Crippen molar-refractivity contribution < 1.29 is 14.3 Å². The van der Waals surface area contributed by atoms with Crippen molar-refractivity contribution in [2.75, 3.05) is 26.3 Å². The number of fused-ring (bicyclic) bond motifs is 1. The summed E-state index contributed by atoms with van der Waals surface area (Å²) in [5.41, 5.74) is 8.08. The summed E-state index contributed by atoms with van der Waals surface area (Å²) in [5.74, 6) is 0.164. The fourth-order valence-corrected chi connectivity index (χ4v) is 2.47. The number of carbonyl (C=O) groups excluding carboxylic acids is 1. The molecule has 0 aliphatic heterocycles. The summed E-state index contributed by atoms with van der Waals surface area (Å²) in [6.07, 6.45) is 3.14. The normalized spacial score (nSPS) is 13.0. The Morgan fingerprint density at radius 1 is 1.35 bits per heavy atom. The Bertz CT molecular complexity index is 723. The van der Waals surface area contributed by atoms with E-state index in [-0.39, 0.29) is 5.92 Å². The molecule has 0 saturated heterocycles. The monoisotopic (exact) mass is 363 g/mol. The summed E-state index contributed by atoms with van der Waals surface area (Å²) >= 11 is 0. The van der Waals surface area contributed by atoms with Crippen molar-refractivity contribution in [1.29, 1.82) is 0 Å². The number of alkyl carbamates (subject to hydrolysis) is 1. The molecule has 1 amide bonds. The van der Waals surface area contributed by atoms with E-state index in [0.717, 1.165) is 16.7 Å². The lowest BCUT2D eigenvalue weighted by molar-refractivity contribution is 0.0497. The number of nitrogens with zero attached hydrogens (tertiary/aromatic N) is 3. The molecule has 0 aromatic carbocycles. The van der Waals surface area contributed by atoms with Crippen LogP contribution in [-0.2, 0) is 16.0 Å². The summed E-state index contributed by atoms with van der Waals surface area (Å²) in [6.45, 7) is 10.1. The number of nitrogens with two attached hydrogens (primary N) is 1. The van der Waals surface area contributed by atoms with Crippen LogP contribution in [0.2, 0.25) is 0 Å². The Hall–Kier alpha value is -2.19. The second kappa shape index (κ2) is 8.95. The molecule has 0 bridgehead atoms. The van der Waals surface area contributed by atoms with Crippen LogP contribution in [0.3, 0.4) is 0 Å². The number of pyridine rings is 1. The molecule has 2 aromatic rings. The van der Waals surface area contributed by atoms with Gasteiger partial charge < -0.3 is 25.1 Å². The minimum Gasteiger partial charge on any atom is -0.444 e. The first kappa shape index (κ1) is 20.1. The number of aromatic nitrogens is 3. The summed E-state index contributed by atoms with van der Waals surface area (Å²) in [6, 6.07) is 1.94. The molecule has 26 heavy (non-hydrogen) atoms. The van der Waals surface area contributed by atoms with Gasteiger partial charge in [0.2, 0.25) is 0 Å². The Labute approximate surface area is 154 Å². The number of ether oxygens (including phenoxy) is 2. The second-order valence-corrected chi connectivity index (χ2v) is 7.18. The summed E-state index contributed by atoms with van der Waals surface area (Å²) in [4.78, 5) is 20.4. The van der Waals surface area contributed by atoms with Crippen molar-refractivity contribution in [2.45, 2.75) is 45.8 Å². The fraction of sp³-hybridized carbons (Fsp3) is 0.611. The van der Waals surface area contributed by atoms with Crippen LogP contribution < -0.4 is 11.1 Å². The molecular weight excluding hydrogens is 334 g/mol. The van der Waals surface area contributed by atoms with Gasteiger partial charge in [0.25, 0.3) is 0 Å². The Morgan fingerprint density at radius 3 is 2.81 bits per heavy atom. The van der Waals surface area contributed by atoms with Crippen LogP contribution in [0, 0.1) is 0 Å². The molecule has 0 radical (unpaired) electrons. The van der Waals surface area contributed by atoms with Crippen molar-refractivity contribution >= 4 is 17.1 Å². The molecule has 1 atom stereocenters. The SMILES string of the molecule is CC(CN)c1nccc2c1ncn2CCOCCNC(=O)OC(C)(C)C. The van der Waals surface area contributed by atoms with Gasteiger partial charge in [0, 0.05) is 31.7 Å². The van der Waals surface area contributed by atoms with Gasteiger partial charge in [0.1, 0.15) is 11.1 Å². The van der Waals surface area contributed by atoms with Gasteiger partial charge in [-0.3, -0.25) is 4.98 Å². The van der Waals surface area contributed by atoms with Crippen LogP contribution in [-0.4, -0.2) is 52.5 Å². The maximum absolute atomic E-state index is 11.5. The Morgan fingerprint density at radius 2 is 2.12 bits per heavy atom. The minimum absolute atomic E-state index is 0.164. The van der Waals surface area contributed by atoms with Crippen molar-refractivity contribution in [2.24, 2.45) is 5.73 Å². The predicted molar refractivity (Wildman–Crippen MR) is 100 cm³/mol. The molecule has 2 rings (SSSR count). The zero-order valence-corrected chi connectivity index (χ0v) is 16.0. The highest BCUT2D eigenvalue weighted by molar-refractivity contribution is 5.77. The van der Waals surface area contributed by atoms with E-state index in [4.69, 9.17) is 15.2 Å². The molecule has 8 nitrogen and oxygen atoms in total. The lowest BCUT2D eigenvalue weighted by Gasteiger charge is -2.19. The van der Waals surface area contributed by atoms with Gasteiger partial charge in [-0.25, -0.2) is 9.78 Å². The first-order valence-corrected chi connectivity index (χ1v) is 8.86. The topological polar surface area (TPSA) is 104 Å². The van der Waals surface area contributed by atoms with Crippen LogP contribution in [0.15, 0.2) is 18.6 Å². The van der Waals surface area contributed by atoms with Crippen molar-refractivity contribution in [3.8, 4) is 0 Å². The van der Waals surface area contributed by atoms with E-state index >= 15 is 0 Å². The maximum Gasteiger partial charge on any atom is 0.407 e. The molecule has 0 aliphatic rings. The summed E-state index contributed by atoms with van der Waals surface area (Å²) < 4.78 is 12.8. The molecule has 0 aliphatic carbocycles. The number of imidazole rings is 1. The first-order valence-electron chi connectivity index (χ1n) is 8.86. The number of hydrogen-bond acceptors (Lipinski definition) is 6. The zero-order valence-electron chi connectivity index (χ0n) is 16.0. The highest BCUT2D eigenvalue weighted by atomic mass is 16.6. The highest BCUT2D eigenvalue weighted by Crippen LogP contribution is 2.21. The van der Waals surface area contributed by atoms with Gasteiger partial charge in [-0.15, -0.1) is 0 Å². The average Bonchev–Trinajstić information content (AvgIpc) is 2.99. The number of rotatable bonds is 8. The molecule has 0 spiro atoms. The van der Waals surface area contributed by atoms with Gasteiger partial charge >= 0.3 is 6.09 Å². The van der Waals surface area contributed by atoms with Gasteiger partial charge in [0.15, 0.2) is 0 Å². The van der Waals surface area contributed by atoms with E-state index in [1.807, 2.05) is 38.3 Å². The van der Waals surface area contributed by atoms with E-state index in [2.05, 4.69) is 15.3 Å². The predicted octanol–water partition coefficient (Wildman–Crippen LogP) is 2.03. The molecule has 2 aromatic heterocycles. The second-order valence-electron chi connectivity index (χ2n) is 7.18. The van der Waals surface area contributed by atoms with E-state index in [1.165, 1.54) is 0 Å². The Balaban J connectivity index is 1.78. The van der Waals surface area contributed by atoms with Crippen molar-refractivity contribution in [3.05, 3.63) is 24.3 Å². The molecule has 2 heterocycles. The number of nitrogens with one attached hydrogen (secondary N) is 1. The third-order valence-electron chi connectivity index (χ3n) is 3.78. The van der Waals surface area contributed by atoms with Gasteiger partial charge in [-0.1, -0.05) is 6.92 Å². The molecule has 8 heteroatoms. The van der Waals surface area contributed by atoms with Crippen LogP contribution in [0.5, 0.6) is 0 Å². The number of amides is 1. The zero-order chi connectivity index (χ0) is 19.2. The first-order chi connectivity index (χ1) is 12.3. The third-order valence-corrected chi connectivity index (χ3v) is 3.78. The van der Waals surface area contributed by atoms with E-state index in [1.54, 1.807) is 12.5 Å². The Kier molecular flexibility index (Phi) is 6.93. The van der Waals surface area contributed by atoms with Crippen LogP contribution in [0.4, 0.5) is 4.79 Å². The third kappa shape index (κ3) is 5.67. The van der Waals surface area contributed by atoms with Crippen LogP contribution >= 0.6 is 0 Å². The lowest BCUT2D eigenvalue weighted by Crippen LogP contribution is -2.34. The summed E-state index contributed by atoms with van der Waals surface area (Å²) in [5, 5.41) is 2.66. The highest BCUT2D eigenvalue weighted by Gasteiger charge is 2.15. The number of carbonyl (C=O) groups is 1. The molecule has 0 fully saturated rings. The van der Waals surface area contributed by atoms with E-state index < -0.39 is 11.7 Å². The van der Waals surface area contributed by atoms with Crippen molar-refractivity contribution in [3.63, 3.8) is 0 Å². The lowest BCUT2D eigenvalue weighted by atomic mass is 10.1. The molecule has 0 saturated carbocycles. The summed E-state index contributed by atoms with van der Waals surface area (Å²) in [7, 11) is 0. The molecular formula is C18H29N5O3. The maximum atomic E-state index is 11.5. The molecule has 1 unspecified atom stereocenters.